The Morgan fingerprint density at radius 1 is 1.28 bits per heavy atom. The minimum Gasteiger partial charge on any atom is -0.328 e. The molecule has 1 N–H and O–H groups in total. The van der Waals surface area contributed by atoms with Crippen LogP contribution in [-0.4, -0.2) is 54.1 Å². The molecule has 0 bridgehead atoms. The number of hydrogen-bond acceptors (Lipinski definition) is 3. The van der Waals surface area contributed by atoms with Crippen LogP contribution in [0.5, 0.6) is 0 Å². The van der Waals surface area contributed by atoms with E-state index in [-0.39, 0.29) is 5.54 Å². The molecule has 1 saturated heterocycles. The summed E-state index contributed by atoms with van der Waals surface area (Å²) in [6, 6.07) is 0. The van der Waals surface area contributed by atoms with Gasteiger partial charge in [-0.15, -0.1) is 0 Å². The number of carbonyl (C=O) groups excluding carboxylic acids is 1. The number of rotatable bonds is 6. The minimum absolute atomic E-state index is 0.171. The molecule has 2 aliphatic rings. The van der Waals surface area contributed by atoms with Crippen molar-refractivity contribution in [1.82, 2.24) is 15.1 Å². The summed E-state index contributed by atoms with van der Waals surface area (Å²) >= 11 is 0. The summed E-state index contributed by atoms with van der Waals surface area (Å²) in [4.78, 5) is 16.8. The number of nitrogens with zero attached hydrogens (tertiary/aromatic N) is 2. The lowest BCUT2D eigenvalue weighted by molar-refractivity contribution is -0.132. The van der Waals surface area contributed by atoms with E-state index in [0.717, 1.165) is 52.1 Å². The zero-order valence-corrected chi connectivity index (χ0v) is 11.9. The molecule has 0 aromatic carbocycles. The largest absolute Gasteiger partial charge is 0.328 e. The van der Waals surface area contributed by atoms with Crippen LogP contribution in [0.3, 0.4) is 0 Å². The average molecular weight is 253 g/mol. The van der Waals surface area contributed by atoms with E-state index >= 15 is 0 Å². The fourth-order valence-corrected chi connectivity index (χ4v) is 3.27. The van der Waals surface area contributed by atoms with E-state index in [1.54, 1.807) is 0 Å². The zero-order chi connectivity index (χ0) is 13.0. The zero-order valence-electron chi connectivity index (χ0n) is 11.9. The number of nitrogens with one attached hydrogen (secondary N) is 1. The Morgan fingerprint density at radius 3 is 2.56 bits per heavy atom. The van der Waals surface area contributed by atoms with Gasteiger partial charge in [0.15, 0.2) is 0 Å². The molecule has 0 aromatic rings. The molecule has 1 aliphatic carbocycles. The van der Waals surface area contributed by atoms with Crippen LogP contribution in [0.15, 0.2) is 0 Å². The van der Waals surface area contributed by atoms with E-state index < -0.39 is 0 Å². The van der Waals surface area contributed by atoms with Crippen molar-refractivity contribution in [2.24, 2.45) is 0 Å². The molecule has 1 saturated carbocycles. The Balaban J connectivity index is 1.76. The van der Waals surface area contributed by atoms with Crippen LogP contribution < -0.4 is 5.32 Å². The highest BCUT2D eigenvalue weighted by molar-refractivity contribution is 5.88. The first-order chi connectivity index (χ1) is 8.72. The second-order valence-corrected chi connectivity index (χ2v) is 5.57. The molecule has 1 aliphatic heterocycles. The molecule has 0 radical (unpaired) electrons. The Hall–Kier alpha value is -0.610. The molecule has 1 heterocycles. The third kappa shape index (κ3) is 2.69. The molecule has 1 spiro atoms. The molecule has 2 rings (SSSR count). The SMILES string of the molecule is CCN(CC)CCCN1CNC2(CCCC2)C1=O. The van der Waals surface area contributed by atoms with Gasteiger partial charge in [-0.25, -0.2) is 0 Å². The van der Waals surface area contributed by atoms with Gasteiger partial charge in [-0.05, 0) is 38.9 Å². The summed E-state index contributed by atoms with van der Waals surface area (Å²) in [5, 5.41) is 3.46. The molecule has 2 fully saturated rings. The summed E-state index contributed by atoms with van der Waals surface area (Å²) < 4.78 is 0. The van der Waals surface area contributed by atoms with E-state index in [2.05, 4.69) is 24.1 Å². The topological polar surface area (TPSA) is 35.6 Å². The highest BCUT2D eigenvalue weighted by Gasteiger charge is 2.47. The van der Waals surface area contributed by atoms with Gasteiger partial charge in [0.2, 0.25) is 5.91 Å². The van der Waals surface area contributed by atoms with Gasteiger partial charge in [0.05, 0.1) is 12.2 Å². The quantitative estimate of drug-likeness (QED) is 0.777. The van der Waals surface area contributed by atoms with Crippen LogP contribution in [0.2, 0.25) is 0 Å². The van der Waals surface area contributed by atoms with Gasteiger partial charge in [-0.2, -0.15) is 0 Å². The summed E-state index contributed by atoms with van der Waals surface area (Å²) in [5.41, 5.74) is -0.171. The summed E-state index contributed by atoms with van der Waals surface area (Å²) in [7, 11) is 0. The Morgan fingerprint density at radius 2 is 1.94 bits per heavy atom. The number of carbonyl (C=O) groups is 1. The lowest BCUT2D eigenvalue weighted by Gasteiger charge is -2.23. The fraction of sp³-hybridized carbons (Fsp3) is 0.929. The highest BCUT2D eigenvalue weighted by Crippen LogP contribution is 2.34. The normalized spacial score (nSPS) is 22.6. The molecule has 0 unspecified atom stereocenters. The molecule has 4 nitrogen and oxygen atoms in total. The second-order valence-electron chi connectivity index (χ2n) is 5.57. The standard InChI is InChI=1S/C14H27N3O/c1-3-16(4-2)10-7-11-17-12-15-14(13(17)18)8-5-6-9-14/h15H,3-12H2,1-2H3. The van der Waals surface area contributed by atoms with Gasteiger partial charge in [0, 0.05) is 6.54 Å². The van der Waals surface area contributed by atoms with Gasteiger partial charge >= 0.3 is 0 Å². The van der Waals surface area contributed by atoms with E-state index in [1.165, 1.54) is 12.8 Å². The lowest BCUT2D eigenvalue weighted by Crippen LogP contribution is -2.44. The average Bonchev–Trinajstić information content (AvgIpc) is 2.98. The van der Waals surface area contributed by atoms with E-state index in [1.807, 2.05) is 4.90 Å². The minimum atomic E-state index is -0.171. The molecule has 1 amide bonds. The fourth-order valence-electron chi connectivity index (χ4n) is 3.27. The molecule has 18 heavy (non-hydrogen) atoms. The first-order valence-corrected chi connectivity index (χ1v) is 7.48. The van der Waals surface area contributed by atoms with Crippen LogP contribution in [0.25, 0.3) is 0 Å². The van der Waals surface area contributed by atoms with Crippen molar-refractivity contribution < 1.29 is 4.79 Å². The Labute approximate surface area is 111 Å². The number of hydrogen-bond donors (Lipinski definition) is 1. The maximum Gasteiger partial charge on any atom is 0.243 e. The predicted molar refractivity (Wildman–Crippen MR) is 73.3 cm³/mol. The summed E-state index contributed by atoms with van der Waals surface area (Å²) in [6.45, 7) is 9.36. The first-order valence-electron chi connectivity index (χ1n) is 7.48. The number of amides is 1. The van der Waals surface area contributed by atoms with Gasteiger partial charge < -0.3 is 9.80 Å². The van der Waals surface area contributed by atoms with Gasteiger partial charge in [-0.3, -0.25) is 10.1 Å². The van der Waals surface area contributed by atoms with Crippen molar-refractivity contribution in [1.29, 1.82) is 0 Å². The molecular formula is C14H27N3O. The van der Waals surface area contributed by atoms with Crippen molar-refractivity contribution in [2.45, 2.75) is 51.5 Å². The molecule has 0 atom stereocenters. The highest BCUT2D eigenvalue weighted by atomic mass is 16.2. The van der Waals surface area contributed by atoms with Crippen LogP contribution in [0.4, 0.5) is 0 Å². The molecule has 4 heteroatoms. The van der Waals surface area contributed by atoms with Crippen molar-refractivity contribution >= 4 is 5.91 Å². The second kappa shape index (κ2) is 6.02. The lowest BCUT2D eigenvalue weighted by atomic mass is 9.98. The van der Waals surface area contributed by atoms with Crippen molar-refractivity contribution in [3.63, 3.8) is 0 Å². The predicted octanol–water partition coefficient (Wildman–Crippen LogP) is 1.42. The Kier molecular flexibility index (Phi) is 4.62. The van der Waals surface area contributed by atoms with E-state index in [9.17, 15) is 4.79 Å². The molecule has 0 aromatic heterocycles. The summed E-state index contributed by atoms with van der Waals surface area (Å²) in [5.74, 6) is 0.361. The third-order valence-electron chi connectivity index (χ3n) is 4.56. The Bertz CT molecular complexity index is 283. The van der Waals surface area contributed by atoms with Crippen LogP contribution in [-0.2, 0) is 4.79 Å². The first kappa shape index (κ1) is 13.8. The summed E-state index contributed by atoms with van der Waals surface area (Å²) in [6.07, 6.45) is 5.57. The van der Waals surface area contributed by atoms with E-state index in [0.29, 0.717) is 5.91 Å². The maximum absolute atomic E-state index is 12.4. The monoisotopic (exact) mass is 253 g/mol. The third-order valence-corrected chi connectivity index (χ3v) is 4.56. The molecular weight excluding hydrogens is 226 g/mol. The van der Waals surface area contributed by atoms with Gasteiger partial charge in [0.25, 0.3) is 0 Å². The van der Waals surface area contributed by atoms with Crippen LogP contribution in [0, 0.1) is 0 Å². The van der Waals surface area contributed by atoms with Crippen molar-refractivity contribution in [2.75, 3.05) is 32.8 Å². The van der Waals surface area contributed by atoms with Crippen LogP contribution in [0.1, 0.15) is 46.0 Å². The van der Waals surface area contributed by atoms with Crippen LogP contribution >= 0.6 is 0 Å². The van der Waals surface area contributed by atoms with Gasteiger partial charge in [0.1, 0.15) is 0 Å². The van der Waals surface area contributed by atoms with Crippen molar-refractivity contribution in [3.8, 4) is 0 Å². The van der Waals surface area contributed by atoms with Gasteiger partial charge in [-0.1, -0.05) is 26.7 Å². The maximum atomic E-state index is 12.4. The molecule has 104 valence electrons. The van der Waals surface area contributed by atoms with E-state index in [4.69, 9.17) is 0 Å². The smallest absolute Gasteiger partial charge is 0.243 e. The van der Waals surface area contributed by atoms with Crippen molar-refractivity contribution in [3.05, 3.63) is 0 Å².